The lowest BCUT2D eigenvalue weighted by Crippen LogP contribution is -2.31. The molecule has 5 nitrogen and oxygen atoms in total. The zero-order chi connectivity index (χ0) is 13.2. The molecule has 1 aliphatic heterocycles. The number of carbonyl (C=O) groups is 1. The Bertz CT molecular complexity index is 598. The van der Waals surface area contributed by atoms with Crippen LogP contribution in [0.3, 0.4) is 0 Å². The van der Waals surface area contributed by atoms with Crippen LogP contribution in [0.2, 0.25) is 0 Å². The van der Waals surface area contributed by atoms with Crippen molar-refractivity contribution in [3.63, 3.8) is 0 Å². The lowest BCUT2D eigenvalue weighted by molar-refractivity contribution is -0.142. The topological polar surface area (TPSA) is 60.5 Å². The Balaban J connectivity index is 1.73. The lowest BCUT2D eigenvalue weighted by atomic mass is 10.2. The third kappa shape index (κ3) is 2.41. The summed E-state index contributed by atoms with van der Waals surface area (Å²) < 4.78 is 11.8. The third-order valence-electron chi connectivity index (χ3n) is 3.20. The Morgan fingerprint density at radius 1 is 1.53 bits per heavy atom. The monoisotopic (exact) mass is 278 g/mol. The molecule has 19 heavy (non-hydrogen) atoms. The molecule has 1 N–H and O–H groups in total. The summed E-state index contributed by atoms with van der Waals surface area (Å²) in [6.45, 7) is 0.627. The van der Waals surface area contributed by atoms with E-state index < -0.39 is 0 Å². The summed E-state index contributed by atoms with van der Waals surface area (Å²) in [6.07, 6.45) is 2.30. The summed E-state index contributed by atoms with van der Waals surface area (Å²) in [4.78, 5) is 15.7. The molecule has 1 saturated heterocycles. The Morgan fingerprint density at radius 2 is 2.42 bits per heavy atom. The van der Waals surface area contributed by atoms with Crippen LogP contribution in [0.25, 0.3) is 10.1 Å². The van der Waals surface area contributed by atoms with Gasteiger partial charge in [-0.1, -0.05) is 0 Å². The number of hydrogen-bond donors (Lipinski definition) is 1. The third-order valence-corrected chi connectivity index (χ3v) is 4.08. The van der Waals surface area contributed by atoms with E-state index in [0.717, 1.165) is 10.1 Å². The summed E-state index contributed by atoms with van der Waals surface area (Å²) >= 11 is 1.66. The van der Waals surface area contributed by atoms with Gasteiger partial charge in [-0.2, -0.15) is 0 Å². The predicted molar refractivity (Wildman–Crippen MR) is 72.5 cm³/mol. The van der Waals surface area contributed by atoms with Gasteiger partial charge in [-0.25, -0.2) is 4.98 Å². The van der Waals surface area contributed by atoms with Crippen LogP contribution in [0, 0.1) is 0 Å². The number of aromatic nitrogens is 1. The smallest absolute Gasteiger partial charge is 0.323 e. The van der Waals surface area contributed by atoms with Gasteiger partial charge in [0.1, 0.15) is 12.1 Å². The van der Waals surface area contributed by atoms with Crippen LogP contribution in [0.15, 0.2) is 23.7 Å². The van der Waals surface area contributed by atoms with E-state index in [2.05, 4.69) is 10.3 Å². The molecule has 0 bridgehead atoms. The number of ether oxygens (including phenoxy) is 2. The maximum absolute atomic E-state index is 11.4. The van der Waals surface area contributed by atoms with E-state index in [-0.39, 0.29) is 18.1 Å². The molecule has 0 amide bonds. The van der Waals surface area contributed by atoms with Gasteiger partial charge in [0.2, 0.25) is 5.88 Å². The van der Waals surface area contributed by atoms with Crippen LogP contribution in [-0.2, 0) is 9.53 Å². The predicted octanol–water partition coefficient (Wildman–Crippen LogP) is 1.58. The van der Waals surface area contributed by atoms with Gasteiger partial charge in [0.25, 0.3) is 0 Å². The fourth-order valence-electron chi connectivity index (χ4n) is 2.24. The molecule has 3 rings (SSSR count). The first-order chi connectivity index (χ1) is 9.28. The lowest BCUT2D eigenvalue weighted by Gasteiger charge is -2.12. The Labute approximate surface area is 114 Å². The molecule has 0 saturated carbocycles. The van der Waals surface area contributed by atoms with Gasteiger partial charge in [-0.3, -0.25) is 4.79 Å². The van der Waals surface area contributed by atoms with E-state index in [1.807, 2.05) is 17.5 Å². The number of esters is 1. The maximum Gasteiger partial charge on any atom is 0.323 e. The maximum atomic E-state index is 11.4. The van der Waals surface area contributed by atoms with Crippen LogP contribution in [0.1, 0.15) is 6.42 Å². The van der Waals surface area contributed by atoms with Gasteiger partial charge in [-0.05, 0) is 17.5 Å². The van der Waals surface area contributed by atoms with E-state index in [9.17, 15) is 4.79 Å². The highest BCUT2D eigenvalue weighted by atomic mass is 32.1. The highest BCUT2D eigenvalue weighted by molar-refractivity contribution is 7.17. The molecule has 2 atom stereocenters. The minimum absolute atomic E-state index is 0.0536. The van der Waals surface area contributed by atoms with Crippen molar-refractivity contribution in [3.8, 4) is 5.88 Å². The second-order valence-corrected chi connectivity index (χ2v) is 5.36. The highest BCUT2D eigenvalue weighted by Gasteiger charge is 2.31. The molecule has 0 aromatic carbocycles. The number of methoxy groups -OCH3 is 1. The molecule has 2 aromatic rings. The Kier molecular flexibility index (Phi) is 3.35. The minimum Gasteiger partial charge on any atom is -0.472 e. The van der Waals surface area contributed by atoms with Crippen molar-refractivity contribution >= 4 is 27.4 Å². The van der Waals surface area contributed by atoms with Crippen molar-refractivity contribution in [1.29, 1.82) is 0 Å². The Morgan fingerprint density at radius 3 is 3.26 bits per heavy atom. The first-order valence-corrected chi connectivity index (χ1v) is 6.96. The summed E-state index contributed by atoms with van der Waals surface area (Å²) in [5.74, 6) is 0.392. The number of pyridine rings is 1. The minimum atomic E-state index is -0.281. The SMILES string of the molecule is COC(=O)C1CC(Oc2nccc3sccc23)CN1. The molecule has 1 aliphatic rings. The second-order valence-electron chi connectivity index (χ2n) is 4.41. The molecule has 100 valence electrons. The van der Waals surface area contributed by atoms with Gasteiger partial charge in [0.15, 0.2) is 0 Å². The fraction of sp³-hybridized carbons (Fsp3) is 0.385. The van der Waals surface area contributed by atoms with Gasteiger partial charge in [-0.15, -0.1) is 11.3 Å². The van der Waals surface area contributed by atoms with Crippen LogP contribution in [-0.4, -0.2) is 36.8 Å². The van der Waals surface area contributed by atoms with Crippen molar-refractivity contribution in [2.45, 2.75) is 18.6 Å². The average Bonchev–Trinajstić information content (AvgIpc) is 3.07. The van der Waals surface area contributed by atoms with Crippen molar-refractivity contribution in [1.82, 2.24) is 10.3 Å². The number of fused-ring (bicyclic) bond motifs is 1. The van der Waals surface area contributed by atoms with E-state index in [1.165, 1.54) is 7.11 Å². The molecule has 0 spiro atoms. The molecule has 6 heteroatoms. The van der Waals surface area contributed by atoms with E-state index >= 15 is 0 Å². The summed E-state index contributed by atoms with van der Waals surface area (Å²) in [5, 5.41) is 6.13. The Hall–Kier alpha value is -1.66. The van der Waals surface area contributed by atoms with Crippen LogP contribution < -0.4 is 10.1 Å². The first kappa shape index (κ1) is 12.4. The quantitative estimate of drug-likeness (QED) is 0.864. The molecule has 0 aliphatic carbocycles. The van der Waals surface area contributed by atoms with Crippen molar-refractivity contribution in [3.05, 3.63) is 23.7 Å². The largest absolute Gasteiger partial charge is 0.472 e. The van der Waals surface area contributed by atoms with Crippen molar-refractivity contribution in [2.24, 2.45) is 0 Å². The number of rotatable bonds is 3. The summed E-state index contributed by atoms with van der Waals surface area (Å²) in [5.41, 5.74) is 0. The van der Waals surface area contributed by atoms with E-state index in [0.29, 0.717) is 18.8 Å². The van der Waals surface area contributed by atoms with Gasteiger partial charge in [0.05, 0.1) is 12.5 Å². The number of thiophene rings is 1. The zero-order valence-electron chi connectivity index (χ0n) is 10.5. The summed E-state index contributed by atoms with van der Waals surface area (Å²) in [6, 6.07) is 3.69. The van der Waals surface area contributed by atoms with Gasteiger partial charge >= 0.3 is 5.97 Å². The van der Waals surface area contributed by atoms with Crippen molar-refractivity contribution in [2.75, 3.05) is 13.7 Å². The summed E-state index contributed by atoms with van der Waals surface area (Å²) in [7, 11) is 1.39. The molecule has 2 unspecified atom stereocenters. The van der Waals surface area contributed by atoms with Gasteiger partial charge < -0.3 is 14.8 Å². The number of nitrogens with one attached hydrogen (secondary N) is 1. The first-order valence-electron chi connectivity index (χ1n) is 6.08. The molecular formula is C13H14N2O3S. The fourth-order valence-corrected chi connectivity index (χ4v) is 3.01. The molecule has 2 aromatic heterocycles. The number of nitrogens with zero attached hydrogens (tertiary/aromatic N) is 1. The second kappa shape index (κ2) is 5.14. The van der Waals surface area contributed by atoms with Crippen LogP contribution in [0.4, 0.5) is 0 Å². The number of hydrogen-bond acceptors (Lipinski definition) is 6. The normalized spacial score (nSPS) is 22.6. The zero-order valence-corrected chi connectivity index (χ0v) is 11.3. The molecule has 3 heterocycles. The van der Waals surface area contributed by atoms with Crippen LogP contribution >= 0.6 is 11.3 Å². The molecule has 1 fully saturated rings. The standard InChI is InChI=1S/C13H14N2O3S/c1-17-13(16)10-6-8(7-15-10)18-12-9-3-5-19-11(9)2-4-14-12/h2-5,8,10,15H,6-7H2,1H3. The molecule has 0 radical (unpaired) electrons. The van der Waals surface area contributed by atoms with E-state index in [4.69, 9.17) is 9.47 Å². The van der Waals surface area contributed by atoms with Gasteiger partial charge in [0, 0.05) is 23.9 Å². The van der Waals surface area contributed by atoms with Crippen LogP contribution in [0.5, 0.6) is 5.88 Å². The van der Waals surface area contributed by atoms with Crippen molar-refractivity contribution < 1.29 is 14.3 Å². The van der Waals surface area contributed by atoms with E-state index in [1.54, 1.807) is 17.5 Å². The highest BCUT2D eigenvalue weighted by Crippen LogP contribution is 2.29. The molecular weight excluding hydrogens is 264 g/mol. The average molecular weight is 278 g/mol. The number of carbonyl (C=O) groups excluding carboxylic acids is 1.